The summed E-state index contributed by atoms with van der Waals surface area (Å²) >= 11 is 0. The maximum atomic E-state index is 9.99. The Morgan fingerprint density at radius 1 is 1.18 bits per heavy atom. The van der Waals surface area contributed by atoms with Gasteiger partial charge >= 0.3 is 0 Å². The highest BCUT2D eigenvalue weighted by Gasteiger charge is 2.20. The Labute approximate surface area is 63.9 Å². The van der Waals surface area contributed by atoms with Crippen molar-refractivity contribution >= 4 is 6.41 Å². The van der Waals surface area contributed by atoms with E-state index in [1.54, 1.807) is 0 Å². The first-order valence-electron chi connectivity index (χ1n) is 3.21. The van der Waals surface area contributed by atoms with Gasteiger partial charge in [0.1, 0.15) is 18.9 Å². The van der Waals surface area contributed by atoms with E-state index in [0.717, 1.165) is 0 Å². The number of rotatable bonds is 2. The minimum absolute atomic E-state index is 0.376. The van der Waals surface area contributed by atoms with Gasteiger partial charge in [0.2, 0.25) is 6.41 Å². The summed E-state index contributed by atoms with van der Waals surface area (Å²) < 4.78 is 0. The van der Waals surface area contributed by atoms with E-state index in [0.29, 0.717) is 6.41 Å². The van der Waals surface area contributed by atoms with E-state index in [1.165, 1.54) is 0 Å². The molecule has 1 amide bonds. The fourth-order valence-electron chi connectivity index (χ4n) is 0.861. The zero-order valence-corrected chi connectivity index (χ0v) is 5.87. The Hall–Kier alpha value is -0.730. The third-order valence-corrected chi connectivity index (χ3v) is 1.29. The Bertz CT molecular complexity index is 131. The van der Waals surface area contributed by atoms with Crippen molar-refractivity contribution in [2.45, 2.75) is 18.9 Å². The molecule has 1 aliphatic rings. The van der Waals surface area contributed by atoms with Gasteiger partial charge in [-0.1, -0.05) is 0 Å². The van der Waals surface area contributed by atoms with Crippen LogP contribution in [-0.4, -0.2) is 25.3 Å². The van der Waals surface area contributed by atoms with E-state index < -0.39 is 12.6 Å². The maximum Gasteiger partial charge on any atom is 0.209 e. The summed E-state index contributed by atoms with van der Waals surface area (Å²) in [5.74, 6) is 0. The van der Waals surface area contributed by atoms with Crippen molar-refractivity contribution in [1.29, 1.82) is 0 Å². The third-order valence-electron chi connectivity index (χ3n) is 1.29. The molecular formula is C4H12N6O. The number of hydrogen-bond donors (Lipinski definition) is 6. The Morgan fingerprint density at radius 3 is 2.18 bits per heavy atom. The van der Waals surface area contributed by atoms with Crippen LogP contribution in [0.5, 0.6) is 0 Å². The summed E-state index contributed by atoms with van der Waals surface area (Å²) in [6.07, 6.45) is -0.638. The van der Waals surface area contributed by atoms with Gasteiger partial charge in [0, 0.05) is 0 Å². The molecular weight excluding hydrogens is 148 g/mol. The van der Waals surface area contributed by atoms with Crippen LogP contribution in [0, 0.1) is 0 Å². The van der Waals surface area contributed by atoms with Crippen molar-refractivity contribution in [3.05, 3.63) is 0 Å². The molecule has 0 aliphatic carbocycles. The molecule has 1 rings (SSSR count). The monoisotopic (exact) mass is 160 g/mol. The fraction of sp³-hybridized carbons (Fsp3) is 0.750. The largest absolute Gasteiger partial charge is 0.331 e. The average Bonchev–Trinajstić information content (AvgIpc) is 1.85. The number of carbonyl (C=O) groups excluding carboxylic acids is 1. The van der Waals surface area contributed by atoms with Crippen molar-refractivity contribution < 1.29 is 4.79 Å². The molecule has 0 spiro atoms. The number of hydrogen-bond acceptors (Lipinski definition) is 6. The molecule has 0 aromatic carbocycles. The second-order valence-corrected chi connectivity index (χ2v) is 2.17. The molecule has 0 aromatic heterocycles. The van der Waals surface area contributed by atoms with E-state index in [9.17, 15) is 4.79 Å². The van der Waals surface area contributed by atoms with Crippen molar-refractivity contribution in [2.75, 3.05) is 0 Å². The molecule has 0 saturated carbocycles. The minimum Gasteiger partial charge on any atom is -0.331 e. The van der Waals surface area contributed by atoms with Crippen LogP contribution in [0.15, 0.2) is 0 Å². The van der Waals surface area contributed by atoms with Gasteiger partial charge < -0.3 is 16.8 Å². The number of nitrogens with one attached hydrogen (secondary N) is 4. The summed E-state index contributed by atoms with van der Waals surface area (Å²) in [4.78, 5) is 9.99. The van der Waals surface area contributed by atoms with Gasteiger partial charge in [0.25, 0.3) is 0 Å². The second kappa shape index (κ2) is 3.60. The van der Waals surface area contributed by atoms with Crippen molar-refractivity contribution in [1.82, 2.24) is 21.3 Å². The summed E-state index contributed by atoms with van der Waals surface area (Å²) in [6.45, 7) is 0. The Kier molecular flexibility index (Phi) is 2.74. The molecule has 8 N–H and O–H groups in total. The average molecular weight is 160 g/mol. The van der Waals surface area contributed by atoms with Crippen LogP contribution in [0.25, 0.3) is 0 Å². The van der Waals surface area contributed by atoms with Crippen LogP contribution in [0.1, 0.15) is 0 Å². The van der Waals surface area contributed by atoms with Gasteiger partial charge in [-0.25, -0.2) is 0 Å². The molecule has 2 unspecified atom stereocenters. The maximum absolute atomic E-state index is 9.99. The standard InChI is InChI=1S/C4H12N6O/c5-2-8-3(6)10-4(9-2)7-1-11/h1-4,8-10H,5-6H2,(H,7,11). The van der Waals surface area contributed by atoms with E-state index in [2.05, 4.69) is 21.3 Å². The lowest BCUT2D eigenvalue weighted by Gasteiger charge is -2.34. The van der Waals surface area contributed by atoms with E-state index in [-0.39, 0.29) is 6.29 Å². The SMILES string of the molecule is NC1NC(N)NC(NC=O)N1. The highest BCUT2D eigenvalue weighted by molar-refractivity contribution is 5.46. The first-order valence-corrected chi connectivity index (χ1v) is 3.21. The molecule has 64 valence electrons. The third kappa shape index (κ3) is 2.41. The van der Waals surface area contributed by atoms with Crippen LogP contribution in [0.2, 0.25) is 0 Å². The predicted molar refractivity (Wildman–Crippen MR) is 38.3 cm³/mol. The van der Waals surface area contributed by atoms with Crippen LogP contribution < -0.4 is 32.7 Å². The summed E-state index contributed by atoms with van der Waals surface area (Å²) in [5.41, 5.74) is 10.9. The molecule has 0 radical (unpaired) electrons. The lowest BCUT2D eigenvalue weighted by molar-refractivity contribution is -0.110. The molecule has 0 bridgehead atoms. The quantitative estimate of drug-likeness (QED) is 0.231. The first-order chi connectivity index (χ1) is 5.22. The van der Waals surface area contributed by atoms with Gasteiger partial charge in [0.05, 0.1) is 0 Å². The zero-order valence-electron chi connectivity index (χ0n) is 5.87. The van der Waals surface area contributed by atoms with Gasteiger partial charge in [-0.15, -0.1) is 0 Å². The lowest BCUT2D eigenvalue weighted by Crippen LogP contribution is -2.75. The van der Waals surface area contributed by atoms with Crippen LogP contribution in [-0.2, 0) is 4.79 Å². The first kappa shape index (κ1) is 8.37. The molecule has 1 aliphatic heterocycles. The molecule has 1 saturated heterocycles. The van der Waals surface area contributed by atoms with E-state index in [4.69, 9.17) is 11.5 Å². The van der Waals surface area contributed by atoms with Crippen LogP contribution >= 0.6 is 0 Å². The van der Waals surface area contributed by atoms with Gasteiger partial charge in [-0.05, 0) is 0 Å². The summed E-state index contributed by atoms with van der Waals surface area (Å²) in [7, 11) is 0. The minimum atomic E-state index is -0.413. The molecule has 7 heteroatoms. The molecule has 0 aromatic rings. The van der Waals surface area contributed by atoms with Gasteiger partial charge in [-0.2, -0.15) is 0 Å². The molecule has 11 heavy (non-hydrogen) atoms. The van der Waals surface area contributed by atoms with Crippen molar-refractivity contribution in [3.8, 4) is 0 Å². The summed E-state index contributed by atoms with van der Waals surface area (Å²) in [5, 5.41) is 10.7. The van der Waals surface area contributed by atoms with Crippen molar-refractivity contribution in [3.63, 3.8) is 0 Å². The lowest BCUT2D eigenvalue weighted by atomic mass is 10.5. The van der Waals surface area contributed by atoms with Gasteiger partial charge in [-0.3, -0.25) is 20.7 Å². The molecule has 7 nitrogen and oxygen atoms in total. The highest BCUT2D eigenvalue weighted by atomic mass is 16.1. The number of carbonyl (C=O) groups is 1. The Morgan fingerprint density at radius 2 is 1.73 bits per heavy atom. The van der Waals surface area contributed by atoms with E-state index >= 15 is 0 Å². The normalized spacial score (nSPS) is 38.2. The van der Waals surface area contributed by atoms with Crippen LogP contribution in [0.3, 0.4) is 0 Å². The van der Waals surface area contributed by atoms with Crippen LogP contribution in [0.4, 0.5) is 0 Å². The zero-order chi connectivity index (χ0) is 8.27. The molecule has 1 heterocycles. The molecule has 2 atom stereocenters. The van der Waals surface area contributed by atoms with Crippen molar-refractivity contribution in [2.24, 2.45) is 11.5 Å². The Balaban J connectivity index is 2.36. The highest BCUT2D eigenvalue weighted by Crippen LogP contribution is 1.81. The number of amides is 1. The second-order valence-electron chi connectivity index (χ2n) is 2.17. The number of nitrogens with two attached hydrogens (primary N) is 2. The fourth-order valence-corrected chi connectivity index (χ4v) is 0.861. The summed E-state index contributed by atoms with van der Waals surface area (Å²) in [6, 6.07) is 0. The predicted octanol–water partition coefficient (Wildman–Crippen LogP) is -3.72. The van der Waals surface area contributed by atoms with E-state index in [1.807, 2.05) is 0 Å². The molecule has 1 fully saturated rings. The smallest absolute Gasteiger partial charge is 0.209 e. The van der Waals surface area contributed by atoms with Gasteiger partial charge in [0.15, 0.2) is 0 Å². The topological polar surface area (TPSA) is 117 Å².